The van der Waals surface area contributed by atoms with Crippen LogP contribution in [0.5, 0.6) is 0 Å². The summed E-state index contributed by atoms with van der Waals surface area (Å²) in [5.74, 6) is 0.738. The van der Waals surface area contributed by atoms with Gasteiger partial charge in [-0.05, 0) is 66.2 Å². The number of anilines is 4. The highest BCUT2D eigenvalue weighted by atomic mass is 79.9. The van der Waals surface area contributed by atoms with Gasteiger partial charge in [0.05, 0.1) is 4.47 Å². The molecule has 0 spiro atoms. The van der Waals surface area contributed by atoms with Crippen molar-refractivity contribution in [2.45, 2.75) is 37.7 Å². The van der Waals surface area contributed by atoms with E-state index in [0.29, 0.717) is 49.8 Å². The molecule has 0 unspecified atom stereocenters. The van der Waals surface area contributed by atoms with Gasteiger partial charge in [-0.2, -0.15) is 4.98 Å². The van der Waals surface area contributed by atoms with E-state index in [0.717, 1.165) is 36.1 Å². The van der Waals surface area contributed by atoms with Crippen LogP contribution in [0.2, 0.25) is 0 Å². The number of hydrogen-bond donors (Lipinski definition) is 5. The summed E-state index contributed by atoms with van der Waals surface area (Å²) in [4.78, 5) is 34.7. The van der Waals surface area contributed by atoms with Gasteiger partial charge in [0, 0.05) is 43.8 Å². The minimum absolute atomic E-state index is 0.0847. The molecule has 0 bridgehead atoms. The van der Waals surface area contributed by atoms with Gasteiger partial charge in [-0.15, -0.1) is 0 Å². The number of rotatable bonds is 9. The van der Waals surface area contributed by atoms with Gasteiger partial charge in [-0.3, -0.25) is 4.79 Å². The van der Waals surface area contributed by atoms with E-state index in [2.05, 4.69) is 47.2 Å². The lowest BCUT2D eigenvalue weighted by Crippen LogP contribution is -2.37. The fourth-order valence-electron chi connectivity index (χ4n) is 3.48. The van der Waals surface area contributed by atoms with E-state index in [9.17, 15) is 14.7 Å². The average Bonchev–Trinajstić information content (AvgIpc) is 3.32. The second kappa shape index (κ2) is 10.3. The first kappa shape index (κ1) is 23.2. The Kier molecular flexibility index (Phi) is 7.29. The van der Waals surface area contributed by atoms with Gasteiger partial charge in [0.1, 0.15) is 11.4 Å². The van der Waals surface area contributed by atoms with E-state index < -0.39 is 5.60 Å². The number of nitrogens with zero attached hydrogens (tertiary/aromatic N) is 3. The molecule has 10 nitrogen and oxygen atoms in total. The van der Waals surface area contributed by atoms with Crippen LogP contribution in [-0.2, 0) is 4.79 Å². The summed E-state index contributed by atoms with van der Waals surface area (Å²) in [5, 5.41) is 21.8. The number of amides is 3. The Labute approximate surface area is 200 Å². The molecule has 176 valence electrons. The van der Waals surface area contributed by atoms with E-state index in [-0.39, 0.29) is 11.9 Å². The monoisotopic (exact) mass is 517 g/mol. The molecule has 2 fully saturated rings. The van der Waals surface area contributed by atoms with Crippen molar-refractivity contribution in [3.05, 3.63) is 34.9 Å². The Bertz CT molecular complexity index is 1010. The number of carbonyl (C=O) groups is 2. The Morgan fingerprint density at radius 3 is 2.67 bits per heavy atom. The molecule has 0 atom stereocenters. The number of carbonyl (C=O) groups excluding carboxylic acids is 2. The topological polar surface area (TPSA) is 132 Å². The number of urea groups is 1. The zero-order chi connectivity index (χ0) is 23.3. The summed E-state index contributed by atoms with van der Waals surface area (Å²) in [6, 6.07) is 7.32. The lowest BCUT2D eigenvalue weighted by molar-refractivity contribution is -0.131. The molecule has 2 aliphatic rings. The summed E-state index contributed by atoms with van der Waals surface area (Å²) in [5.41, 5.74) is 0.311. The fraction of sp³-hybridized carbons (Fsp3) is 0.455. The Morgan fingerprint density at radius 2 is 1.91 bits per heavy atom. The quantitative estimate of drug-likeness (QED) is 0.323. The van der Waals surface area contributed by atoms with Crippen molar-refractivity contribution in [2.75, 3.05) is 42.1 Å². The first-order chi connectivity index (χ1) is 15.9. The van der Waals surface area contributed by atoms with Gasteiger partial charge in [0.2, 0.25) is 5.95 Å². The molecule has 1 saturated heterocycles. The molecule has 4 rings (SSSR count). The van der Waals surface area contributed by atoms with Gasteiger partial charge < -0.3 is 31.3 Å². The summed E-state index contributed by atoms with van der Waals surface area (Å²) in [6.45, 7) is 2.64. The van der Waals surface area contributed by atoms with Crippen molar-refractivity contribution >= 4 is 51.0 Å². The molecule has 3 amide bonds. The molecule has 0 radical (unpaired) electrons. The van der Waals surface area contributed by atoms with Gasteiger partial charge in [-0.25, -0.2) is 9.78 Å². The van der Waals surface area contributed by atoms with E-state index in [1.807, 2.05) is 29.2 Å². The maximum atomic E-state index is 12.3. The van der Waals surface area contributed by atoms with Gasteiger partial charge in [0.15, 0.2) is 0 Å². The number of hydrogen-bond acceptors (Lipinski definition) is 7. The molecule has 1 aromatic heterocycles. The Morgan fingerprint density at radius 1 is 1.15 bits per heavy atom. The highest BCUT2D eigenvalue weighted by molar-refractivity contribution is 9.10. The van der Waals surface area contributed by atoms with Crippen LogP contribution in [0.15, 0.2) is 34.9 Å². The largest absolute Gasteiger partial charge is 0.380 e. The molecular weight excluding hydrogens is 490 g/mol. The third kappa shape index (κ3) is 6.32. The van der Waals surface area contributed by atoms with Crippen LogP contribution in [0, 0.1) is 0 Å². The molecular formula is C22H28BrN7O3. The van der Waals surface area contributed by atoms with Crippen molar-refractivity contribution in [1.29, 1.82) is 0 Å². The summed E-state index contributed by atoms with van der Waals surface area (Å²) in [7, 11) is 0. The highest BCUT2D eigenvalue weighted by Crippen LogP contribution is 2.34. The lowest BCUT2D eigenvalue weighted by Gasteiger charge is -2.16. The smallest absolute Gasteiger partial charge is 0.321 e. The summed E-state index contributed by atoms with van der Waals surface area (Å²) in [6.07, 6.45) is 5.50. The second-order valence-electron chi connectivity index (χ2n) is 8.29. The number of likely N-dealkylation sites (tertiary alicyclic amines) is 1. The normalized spacial score (nSPS) is 16.2. The molecule has 33 heavy (non-hydrogen) atoms. The van der Waals surface area contributed by atoms with Crippen LogP contribution in [0.1, 0.15) is 32.1 Å². The molecule has 1 aliphatic heterocycles. The number of aromatic nitrogens is 2. The standard InChI is InChI=1S/C22H28BrN7O3/c23-17-14-26-20(29-18(17)24-9-4-10-25-19(31)22(33)7-8-22)27-15-5-3-6-16(13-15)28-21(32)30-11-1-2-12-30/h3,5-6,13-14,33H,1-2,4,7-12H2,(H,25,31)(H,28,32)(H2,24,26,27,29). The molecule has 2 aromatic rings. The first-order valence-corrected chi connectivity index (χ1v) is 11.9. The third-order valence-corrected chi connectivity index (χ3v) is 6.17. The molecule has 1 aliphatic carbocycles. The Balaban J connectivity index is 1.28. The van der Waals surface area contributed by atoms with E-state index in [1.165, 1.54) is 0 Å². The van der Waals surface area contributed by atoms with Crippen LogP contribution in [0.3, 0.4) is 0 Å². The number of benzene rings is 1. The van der Waals surface area contributed by atoms with Crippen molar-refractivity contribution in [2.24, 2.45) is 0 Å². The second-order valence-corrected chi connectivity index (χ2v) is 9.14. The number of aliphatic hydroxyl groups is 1. The molecule has 5 N–H and O–H groups in total. The van der Waals surface area contributed by atoms with Gasteiger partial charge in [0.25, 0.3) is 5.91 Å². The summed E-state index contributed by atoms with van der Waals surface area (Å²) >= 11 is 3.44. The lowest BCUT2D eigenvalue weighted by atomic mass is 10.3. The Hall–Kier alpha value is -2.92. The maximum Gasteiger partial charge on any atom is 0.321 e. The predicted molar refractivity (Wildman–Crippen MR) is 130 cm³/mol. The fourth-order valence-corrected chi connectivity index (χ4v) is 3.82. The van der Waals surface area contributed by atoms with Crippen molar-refractivity contribution < 1.29 is 14.7 Å². The SMILES string of the molecule is O=C(Nc1cccc(Nc2ncc(Br)c(NCCCNC(=O)C3(O)CC3)n2)c1)N1CCCC1. The minimum Gasteiger partial charge on any atom is -0.380 e. The summed E-state index contributed by atoms with van der Waals surface area (Å²) < 4.78 is 0.719. The zero-order valence-electron chi connectivity index (χ0n) is 18.2. The number of halogens is 1. The van der Waals surface area contributed by atoms with Crippen molar-refractivity contribution in [3.8, 4) is 0 Å². The van der Waals surface area contributed by atoms with Gasteiger partial charge in [-0.1, -0.05) is 6.07 Å². The maximum absolute atomic E-state index is 12.3. The molecule has 11 heteroatoms. The van der Waals surface area contributed by atoms with Crippen LogP contribution in [-0.4, -0.2) is 63.7 Å². The van der Waals surface area contributed by atoms with Crippen molar-refractivity contribution in [1.82, 2.24) is 20.2 Å². The number of nitrogens with one attached hydrogen (secondary N) is 4. The van der Waals surface area contributed by atoms with Gasteiger partial charge >= 0.3 is 6.03 Å². The van der Waals surface area contributed by atoms with E-state index >= 15 is 0 Å². The predicted octanol–water partition coefficient (Wildman–Crippen LogP) is 3.05. The van der Waals surface area contributed by atoms with Crippen molar-refractivity contribution in [3.63, 3.8) is 0 Å². The third-order valence-electron chi connectivity index (χ3n) is 5.59. The zero-order valence-corrected chi connectivity index (χ0v) is 19.8. The minimum atomic E-state index is -1.14. The van der Waals surface area contributed by atoms with Crippen LogP contribution in [0.4, 0.5) is 27.9 Å². The van der Waals surface area contributed by atoms with Crippen LogP contribution >= 0.6 is 15.9 Å². The van der Waals surface area contributed by atoms with Crippen LogP contribution < -0.4 is 21.3 Å². The molecule has 2 heterocycles. The van der Waals surface area contributed by atoms with Crippen LogP contribution in [0.25, 0.3) is 0 Å². The molecule has 1 saturated carbocycles. The first-order valence-electron chi connectivity index (χ1n) is 11.1. The van der Waals surface area contributed by atoms with E-state index in [4.69, 9.17) is 0 Å². The molecule has 1 aromatic carbocycles. The highest BCUT2D eigenvalue weighted by Gasteiger charge is 2.47. The van der Waals surface area contributed by atoms with E-state index in [1.54, 1.807) is 6.20 Å². The average molecular weight is 518 g/mol.